The molecule has 2 unspecified atom stereocenters. The van der Waals surface area contributed by atoms with Crippen LogP contribution in [0.2, 0.25) is 0 Å². The minimum Gasteiger partial charge on any atom is -0.477 e. The second-order valence-electron chi connectivity index (χ2n) is 6.15. The molecule has 0 amide bonds. The number of aliphatic carboxylic acids is 1. The quantitative estimate of drug-likeness (QED) is 0.616. The van der Waals surface area contributed by atoms with Crippen molar-refractivity contribution in [1.29, 1.82) is 0 Å². The molecule has 3 rings (SSSR count). The van der Waals surface area contributed by atoms with Crippen LogP contribution in [0, 0.1) is 17.6 Å². The first-order chi connectivity index (χ1) is 10.2. The van der Waals surface area contributed by atoms with Gasteiger partial charge in [0.2, 0.25) is 0 Å². The summed E-state index contributed by atoms with van der Waals surface area (Å²) in [6, 6.07) is 1.88. The summed E-state index contributed by atoms with van der Waals surface area (Å²) in [5.74, 6) is -6.46. The molecule has 1 saturated carbocycles. The van der Waals surface area contributed by atoms with E-state index in [9.17, 15) is 23.8 Å². The molecule has 0 spiro atoms. The molecule has 1 aromatic rings. The molecule has 1 heterocycles. The Hall–Kier alpha value is -1.57. The van der Waals surface area contributed by atoms with Gasteiger partial charge >= 0.3 is 5.97 Å². The molecule has 7 heteroatoms. The third-order valence-corrected chi connectivity index (χ3v) is 5.02. The van der Waals surface area contributed by atoms with E-state index in [-0.39, 0.29) is 6.04 Å². The molecular weight excluding hydrogens is 296 g/mol. The summed E-state index contributed by atoms with van der Waals surface area (Å²) in [6.45, 7) is 1.85. The van der Waals surface area contributed by atoms with E-state index >= 15 is 0 Å². The van der Waals surface area contributed by atoms with E-state index < -0.39 is 40.8 Å². The predicted molar refractivity (Wildman–Crippen MR) is 72.0 cm³/mol. The summed E-state index contributed by atoms with van der Waals surface area (Å²) < 4.78 is 27.0. The Balaban J connectivity index is 2.00. The van der Waals surface area contributed by atoms with Gasteiger partial charge in [0.1, 0.15) is 11.6 Å². The van der Waals surface area contributed by atoms with Gasteiger partial charge in [-0.3, -0.25) is 0 Å². The van der Waals surface area contributed by atoms with Crippen molar-refractivity contribution in [1.82, 2.24) is 5.32 Å². The van der Waals surface area contributed by atoms with Gasteiger partial charge in [0.15, 0.2) is 0 Å². The number of carboxylic acid groups (broad SMARTS) is 1. The van der Waals surface area contributed by atoms with Crippen LogP contribution in [0.25, 0.3) is 0 Å². The Morgan fingerprint density at radius 1 is 1.36 bits per heavy atom. The third-order valence-electron chi connectivity index (χ3n) is 5.02. The van der Waals surface area contributed by atoms with Gasteiger partial charge in [-0.05, 0) is 36.5 Å². The van der Waals surface area contributed by atoms with Gasteiger partial charge in [0.25, 0.3) is 5.79 Å². The minimum atomic E-state index is -2.91. The summed E-state index contributed by atoms with van der Waals surface area (Å²) in [4.78, 5) is 11.1. The Kier molecular flexibility index (Phi) is 3.28. The van der Waals surface area contributed by atoms with Gasteiger partial charge in [-0.15, -0.1) is 0 Å². The van der Waals surface area contributed by atoms with Crippen LogP contribution in [-0.2, 0) is 10.2 Å². The molecule has 2 aliphatic rings. The minimum absolute atomic E-state index is 0.276. The number of fused-ring (bicyclic) bond motifs is 1. The normalized spacial score (nSPS) is 33.6. The monoisotopic (exact) mass is 313 g/mol. The molecule has 120 valence electrons. The van der Waals surface area contributed by atoms with Crippen molar-refractivity contribution in [3.05, 3.63) is 35.4 Å². The molecule has 0 radical (unpaired) electrons. The molecule has 4 N–H and O–H groups in total. The summed E-state index contributed by atoms with van der Waals surface area (Å²) in [5.41, 5.74) is -0.229. The number of hydrogen-bond donors (Lipinski definition) is 4. The standard InChI is InChI=1S/C15H17F2NO4/c1-2-11-14(7-3-8(16)5-9(17)4-7)6-10(14)12(18-11)15(21,22)13(19)20/h3-5,10-12,18,21-22H,2,6H2,1H3,(H,19,20)/t10-,11?,12?,14+/m0/s1. The highest BCUT2D eigenvalue weighted by Crippen LogP contribution is 2.64. The molecule has 0 bridgehead atoms. The summed E-state index contributed by atoms with van der Waals surface area (Å²) in [5, 5.41) is 31.5. The Labute approximate surface area is 125 Å². The molecule has 1 saturated heterocycles. The van der Waals surface area contributed by atoms with Gasteiger partial charge in [-0.1, -0.05) is 6.92 Å². The van der Waals surface area contributed by atoms with E-state index in [1.807, 2.05) is 6.92 Å². The second-order valence-corrected chi connectivity index (χ2v) is 6.15. The highest BCUT2D eigenvalue weighted by molar-refractivity contribution is 5.76. The second kappa shape index (κ2) is 4.71. The molecule has 0 aromatic heterocycles. The number of nitrogens with one attached hydrogen (secondary N) is 1. The lowest BCUT2D eigenvalue weighted by Gasteiger charge is -2.28. The van der Waals surface area contributed by atoms with Crippen LogP contribution in [0.1, 0.15) is 25.3 Å². The van der Waals surface area contributed by atoms with E-state index in [0.29, 0.717) is 18.4 Å². The molecule has 4 atom stereocenters. The zero-order chi connectivity index (χ0) is 16.3. The largest absolute Gasteiger partial charge is 0.477 e. The van der Waals surface area contributed by atoms with Crippen molar-refractivity contribution >= 4 is 5.97 Å². The van der Waals surface area contributed by atoms with Crippen LogP contribution in [-0.4, -0.2) is 39.2 Å². The van der Waals surface area contributed by atoms with Crippen molar-refractivity contribution in [3.63, 3.8) is 0 Å². The van der Waals surface area contributed by atoms with Crippen LogP contribution >= 0.6 is 0 Å². The van der Waals surface area contributed by atoms with Gasteiger partial charge < -0.3 is 20.6 Å². The molecule has 5 nitrogen and oxygen atoms in total. The average Bonchev–Trinajstić information content (AvgIpc) is 3.07. The van der Waals surface area contributed by atoms with E-state index in [1.54, 1.807) is 0 Å². The fourth-order valence-electron chi connectivity index (χ4n) is 3.97. The Morgan fingerprint density at radius 3 is 2.45 bits per heavy atom. The number of piperidine rings is 1. The summed E-state index contributed by atoms with van der Waals surface area (Å²) in [7, 11) is 0. The molecule has 22 heavy (non-hydrogen) atoms. The van der Waals surface area contributed by atoms with Gasteiger partial charge in [0, 0.05) is 17.5 Å². The molecule has 1 aromatic carbocycles. The Bertz CT molecular complexity index is 616. The highest BCUT2D eigenvalue weighted by Gasteiger charge is 2.72. The van der Waals surface area contributed by atoms with Gasteiger partial charge in [0.05, 0.1) is 6.04 Å². The number of carboxylic acids is 1. The SMILES string of the molecule is CCC1NC(C(O)(O)C(=O)O)[C@@H]2C[C@]12c1cc(F)cc(F)c1. The van der Waals surface area contributed by atoms with Crippen molar-refractivity contribution in [3.8, 4) is 0 Å². The first-order valence-corrected chi connectivity index (χ1v) is 7.14. The maximum Gasteiger partial charge on any atom is 0.365 e. The zero-order valence-corrected chi connectivity index (χ0v) is 11.9. The number of aliphatic hydroxyl groups is 2. The molecular formula is C15H17F2NO4. The third kappa shape index (κ3) is 1.96. The predicted octanol–water partition coefficient (Wildman–Crippen LogP) is 0.738. The topological polar surface area (TPSA) is 89.8 Å². The maximum atomic E-state index is 13.5. The zero-order valence-electron chi connectivity index (χ0n) is 11.9. The van der Waals surface area contributed by atoms with Crippen molar-refractivity contribution in [2.75, 3.05) is 0 Å². The number of benzene rings is 1. The highest BCUT2D eigenvalue weighted by atomic mass is 19.1. The molecule has 1 aliphatic heterocycles. The van der Waals surface area contributed by atoms with Gasteiger partial charge in [-0.2, -0.15) is 0 Å². The van der Waals surface area contributed by atoms with E-state index in [2.05, 4.69) is 5.32 Å². The lowest BCUT2D eigenvalue weighted by molar-refractivity contribution is -0.214. The van der Waals surface area contributed by atoms with Crippen molar-refractivity contribution in [2.24, 2.45) is 5.92 Å². The molecule has 1 aliphatic carbocycles. The fraction of sp³-hybridized carbons (Fsp3) is 0.533. The summed E-state index contributed by atoms with van der Waals surface area (Å²) >= 11 is 0. The van der Waals surface area contributed by atoms with Crippen LogP contribution < -0.4 is 5.32 Å². The van der Waals surface area contributed by atoms with Crippen LogP contribution in [0.4, 0.5) is 8.78 Å². The first-order valence-electron chi connectivity index (χ1n) is 7.14. The first kappa shape index (κ1) is 15.3. The summed E-state index contributed by atoms with van der Waals surface area (Å²) in [6.07, 6.45) is 1.03. The number of rotatable bonds is 4. The lowest BCUT2D eigenvalue weighted by Crippen LogP contribution is -2.56. The van der Waals surface area contributed by atoms with E-state index in [4.69, 9.17) is 5.11 Å². The number of hydrogen-bond acceptors (Lipinski definition) is 4. The van der Waals surface area contributed by atoms with E-state index in [0.717, 1.165) is 6.07 Å². The van der Waals surface area contributed by atoms with Crippen molar-refractivity contribution in [2.45, 2.75) is 43.1 Å². The van der Waals surface area contributed by atoms with Gasteiger partial charge in [-0.25, -0.2) is 13.6 Å². The Morgan fingerprint density at radius 2 is 1.95 bits per heavy atom. The van der Waals surface area contributed by atoms with Crippen LogP contribution in [0.15, 0.2) is 18.2 Å². The molecule has 2 fully saturated rings. The fourth-order valence-corrected chi connectivity index (χ4v) is 3.97. The number of halogens is 2. The maximum absolute atomic E-state index is 13.5. The lowest BCUT2D eigenvalue weighted by atomic mass is 9.86. The smallest absolute Gasteiger partial charge is 0.365 e. The average molecular weight is 313 g/mol. The van der Waals surface area contributed by atoms with Crippen LogP contribution in [0.5, 0.6) is 0 Å². The van der Waals surface area contributed by atoms with Crippen LogP contribution in [0.3, 0.4) is 0 Å². The number of carbonyl (C=O) groups is 1. The van der Waals surface area contributed by atoms with Crippen molar-refractivity contribution < 1.29 is 28.9 Å². The van der Waals surface area contributed by atoms with E-state index in [1.165, 1.54) is 12.1 Å².